The van der Waals surface area contributed by atoms with Crippen LogP contribution in [0.25, 0.3) is 5.76 Å². The molecule has 148 valence electrons. The minimum absolute atomic E-state index is 0.0652. The third kappa shape index (κ3) is 7.68. The van der Waals surface area contributed by atoms with Gasteiger partial charge in [-0.05, 0) is 12.1 Å². The number of carbonyl (C=O) groups excluding carboxylic acids is 3. The van der Waals surface area contributed by atoms with E-state index in [1.54, 1.807) is 0 Å². The summed E-state index contributed by atoms with van der Waals surface area (Å²) in [5.74, 6) is -3.47. The highest BCUT2D eigenvalue weighted by Crippen LogP contribution is 2.10. The molecule has 0 aliphatic heterocycles. The van der Waals surface area contributed by atoms with Gasteiger partial charge in [0.15, 0.2) is 5.78 Å². The molecule has 2 rings (SSSR count). The Bertz CT molecular complexity index is 886. The summed E-state index contributed by atoms with van der Waals surface area (Å²) in [6, 6.07) is 2.08. The molecule has 1 N–H and O–H groups in total. The van der Waals surface area contributed by atoms with Gasteiger partial charge in [0, 0.05) is 23.5 Å². The van der Waals surface area contributed by atoms with Gasteiger partial charge in [0.2, 0.25) is 0 Å². The number of aromatic nitrogens is 2. The zero-order valence-electron chi connectivity index (χ0n) is 14.9. The topological polar surface area (TPSA) is 116 Å². The molecule has 2 aromatic heterocycles. The number of methoxy groups -OCH3 is 2. The van der Waals surface area contributed by atoms with Crippen LogP contribution in [0.3, 0.4) is 0 Å². The standard InChI is InChI=1S/2C9H8FNO3/c2*1-14-9(13)3-8(12)6-2-7(10)5-11-4-6/h2,4-5H,3H2,1H3;2-5,12H,1H3/b;8-3-. The Kier molecular flexibility index (Phi) is 8.87. The predicted octanol–water partition coefficient (Wildman–Crippen LogP) is 2.26. The van der Waals surface area contributed by atoms with Crippen LogP contribution in [-0.2, 0) is 19.1 Å². The molecule has 2 aromatic rings. The maximum atomic E-state index is 12.6. The lowest BCUT2D eigenvalue weighted by atomic mass is 10.1. The summed E-state index contributed by atoms with van der Waals surface area (Å²) in [6.07, 6.45) is 4.86. The summed E-state index contributed by atoms with van der Waals surface area (Å²) in [4.78, 5) is 39.7. The Morgan fingerprint density at radius 1 is 0.964 bits per heavy atom. The Morgan fingerprint density at radius 3 is 2.00 bits per heavy atom. The van der Waals surface area contributed by atoms with Crippen LogP contribution in [0.4, 0.5) is 8.78 Å². The van der Waals surface area contributed by atoms with Crippen molar-refractivity contribution >= 4 is 23.5 Å². The summed E-state index contributed by atoms with van der Waals surface area (Å²) in [5, 5.41) is 9.30. The van der Waals surface area contributed by atoms with E-state index in [0.29, 0.717) is 0 Å². The molecule has 28 heavy (non-hydrogen) atoms. The molecule has 0 fully saturated rings. The molecule has 8 nitrogen and oxygen atoms in total. The lowest BCUT2D eigenvalue weighted by molar-refractivity contribution is -0.139. The van der Waals surface area contributed by atoms with Crippen molar-refractivity contribution in [2.24, 2.45) is 0 Å². The Hall–Kier alpha value is -3.69. The SMILES string of the molecule is COC(=O)/C=C(\O)c1cncc(F)c1.COC(=O)CC(=O)c1cncc(F)c1. The largest absolute Gasteiger partial charge is 0.507 e. The lowest BCUT2D eigenvalue weighted by Crippen LogP contribution is -2.09. The van der Waals surface area contributed by atoms with E-state index >= 15 is 0 Å². The maximum Gasteiger partial charge on any atom is 0.334 e. The number of aliphatic hydroxyl groups is 1. The number of nitrogens with zero attached hydrogens (tertiary/aromatic N) is 2. The highest BCUT2D eigenvalue weighted by molar-refractivity contribution is 6.05. The average Bonchev–Trinajstić information content (AvgIpc) is 2.68. The second kappa shape index (κ2) is 11.1. The van der Waals surface area contributed by atoms with Gasteiger partial charge in [-0.15, -0.1) is 0 Å². The smallest absolute Gasteiger partial charge is 0.334 e. The molecule has 0 bridgehead atoms. The van der Waals surface area contributed by atoms with Crippen molar-refractivity contribution in [2.75, 3.05) is 14.2 Å². The third-order valence-corrected chi connectivity index (χ3v) is 3.02. The molecular formula is C18H16F2N2O6. The third-order valence-electron chi connectivity index (χ3n) is 3.02. The summed E-state index contributed by atoms with van der Waals surface area (Å²) >= 11 is 0. The van der Waals surface area contributed by atoms with Gasteiger partial charge in [0.25, 0.3) is 0 Å². The first-order valence-electron chi connectivity index (χ1n) is 7.57. The number of ether oxygens (including phenoxy) is 2. The van der Waals surface area contributed by atoms with E-state index < -0.39 is 35.8 Å². The van der Waals surface area contributed by atoms with Crippen LogP contribution in [0.15, 0.2) is 43.0 Å². The van der Waals surface area contributed by atoms with E-state index in [4.69, 9.17) is 0 Å². The predicted molar refractivity (Wildman–Crippen MR) is 92.0 cm³/mol. The van der Waals surface area contributed by atoms with Gasteiger partial charge in [0.05, 0.1) is 32.7 Å². The van der Waals surface area contributed by atoms with Crippen LogP contribution < -0.4 is 0 Å². The summed E-state index contributed by atoms with van der Waals surface area (Å²) in [7, 11) is 2.36. The molecule has 10 heteroatoms. The molecule has 0 unspecified atom stereocenters. The Balaban J connectivity index is 0.000000280. The van der Waals surface area contributed by atoms with Crippen LogP contribution in [0.5, 0.6) is 0 Å². The second-order valence-corrected chi connectivity index (χ2v) is 5.01. The number of pyridine rings is 2. The number of halogens is 2. The quantitative estimate of drug-likeness (QED) is 0.270. The van der Waals surface area contributed by atoms with E-state index in [1.165, 1.54) is 26.6 Å². The van der Waals surface area contributed by atoms with E-state index in [0.717, 1.165) is 30.6 Å². The molecule has 0 saturated carbocycles. The van der Waals surface area contributed by atoms with Gasteiger partial charge in [-0.3, -0.25) is 19.6 Å². The minimum Gasteiger partial charge on any atom is -0.507 e. The molecular weight excluding hydrogens is 378 g/mol. The van der Waals surface area contributed by atoms with Crippen LogP contribution in [0.1, 0.15) is 22.3 Å². The maximum absolute atomic E-state index is 12.6. The number of ketones is 1. The molecule has 0 aromatic carbocycles. The molecule has 0 atom stereocenters. The van der Waals surface area contributed by atoms with E-state index in [9.17, 15) is 28.3 Å². The number of rotatable bonds is 5. The van der Waals surface area contributed by atoms with Crippen LogP contribution >= 0.6 is 0 Å². The number of aliphatic hydroxyl groups excluding tert-OH is 1. The van der Waals surface area contributed by atoms with Crippen molar-refractivity contribution in [2.45, 2.75) is 6.42 Å². The molecule has 0 aliphatic rings. The average molecular weight is 394 g/mol. The first-order chi connectivity index (χ1) is 13.3. The number of hydrogen-bond donors (Lipinski definition) is 1. The van der Waals surface area contributed by atoms with E-state index in [2.05, 4.69) is 19.4 Å². The van der Waals surface area contributed by atoms with Crippen molar-refractivity contribution in [3.8, 4) is 0 Å². The molecule has 0 spiro atoms. The van der Waals surface area contributed by atoms with Gasteiger partial charge in [0.1, 0.15) is 23.8 Å². The summed E-state index contributed by atoms with van der Waals surface area (Å²) in [6.45, 7) is 0. The van der Waals surface area contributed by atoms with Gasteiger partial charge in [-0.1, -0.05) is 0 Å². The molecule has 0 aliphatic carbocycles. The zero-order valence-corrected chi connectivity index (χ0v) is 14.9. The second-order valence-electron chi connectivity index (χ2n) is 5.01. The van der Waals surface area contributed by atoms with Gasteiger partial charge in [-0.25, -0.2) is 13.6 Å². The van der Waals surface area contributed by atoms with E-state index in [-0.39, 0.29) is 16.9 Å². The van der Waals surface area contributed by atoms with Gasteiger partial charge in [-0.2, -0.15) is 0 Å². The van der Waals surface area contributed by atoms with Crippen molar-refractivity contribution in [1.29, 1.82) is 0 Å². The number of hydrogen-bond acceptors (Lipinski definition) is 8. The highest BCUT2D eigenvalue weighted by atomic mass is 19.1. The fourth-order valence-electron chi connectivity index (χ4n) is 1.68. The first kappa shape index (κ1) is 22.4. The molecule has 0 radical (unpaired) electrons. The van der Waals surface area contributed by atoms with Crippen molar-refractivity contribution < 1.29 is 37.7 Å². The van der Waals surface area contributed by atoms with Gasteiger partial charge < -0.3 is 14.6 Å². The van der Waals surface area contributed by atoms with E-state index in [1.807, 2.05) is 0 Å². The normalized spacial score (nSPS) is 10.4. The van der Waals surface area contributed by atoms with Crippen LogP contribution in [0.2, 0.25) is 0 Å². The Labute approximate surface area is 158 Å². The van der Waals surface area contributed by atoms with Crippen molar-refractivity contribution in [3.63, 3.8) is 0 Å². The molecule has 0 saturated heterocycles. The van der Waals surface area contributed by atoms with Gasteiger partial charge >= 0.3 is 11.9 Å². The highest BCUT2D eigenvalue weighted by Gasteiger charge is 2.12. The minimum atomic E-state index is -0.716. The summed E-state index contributed by atoms with van der Waals surface area (Å²) < 4.78 is 33.8. The molecule has 0 amide bonds. The first-order valence-corrected chi connectivity index (χ1v) is 7.57. The fourth-order valence-corrected chi connectivity index (χ4v) is 1.68. The number of esters is 2. The monoisotopic (exact) mass is 394 g/mol. The van der Waals surface area contributed by atoms with Crippen molar-refractivity contribution in [1.82, 2.24) is 9.97 Å². The number of Topliss-reactive ketones (excluding diaryl/α,β-unsaturated/α-hetero) is 1. The fraction of sp³-hybridized carbons (Fsp3) is 0.167. The molecule has 2 heterocycles. The van der Waals surface area contributed by atoms with Crippen LogP contribution in [-0.4, -0.2) is 47.0 Å². The number of carbonyl (C=O) groups is 3. The summed E-state index contributed by atoms with van der Waals surface area (Å²) in [5.41, 5.74) is 0.186. The van der Waals surface area contributed by atoms with Crippen LogP contribution in [0, 0.1) is 11.6 Å². The zero-order chi connectivity index (χ0) is 21.1. The lowest BCUT2D eigenvalue weighted by Gasteiger charge is -1.98. The Morgan fingerprint density at radius 2 is 1.50 bits per heavy atom. The van der Waals surface area contributed by atoms with Crippen molar-refractivity contribution in [3.05, 3.63) is 65.8 Å².